The van der Waals surface area contributed by atoms with Crippen LogP contribution in [0.5, 0.6) is 5.75 Å². The van der Waals surface area contributed by atoms with Gasteiger partial charge in [-0.25, -0.2) is 0 Å². The largest absolute Gasteiger partial charge is 0.490 e. The number of nitrogens with one attached hydrogen (secondary N) is 1. The highest BCUT2D eigenvalue weighted by atomic mass is 16.5. The molecular weight excluding hydrogens is 302 g/mol. The fraction of sp³-hybridized carbons (Fsp3) is 0.650. The van der Waals surface area contributed by atoms with Gasteiger partial charge >= 0.3 is 0 Å². The second-order valence-electron chi connectivity index (χ2n) is 6.60. The van der Waals surface area contributed by atoms with Crippen LogP contribution >= 0.6 is 0 Å². The molecule has 24 heavy (non-hydrogen) atoms. The van der Waals surface area contributed by atoms with Crippen molar-refractivity contribution in [1.82, 2.24) is 0 Å². The highest BCUT2D eigenvalue weighted by Crippen LogP contribution is 2.26. The first-order chi connectivity index (χ1) is 11.4. The van der Waals surface area contributed by atoms with Gasteiger partial charge in [0.2, 0.25) is 0 Å². The Bertz CT molecular complexity index is 530. The molecule has 1 rings (SSSR count). The fourth-order valence-electron chi connectivity index (χ4n) is 2.48. The minimum Gasteiger partial charge on any atom is -0.490 e. The molecule has 1 aromatic carbocycles. The van der Waals surface area contributed by atoms with Crippen molar-refractivity contribution in [3.8, 4) is 5.75 Å². The number of carbonyl (C=O) groups is 1. The number of hydrogen-bond acceptors (Lipinski definition) is 3. The second-order valence-corrected chi connectivity index (χ2v) is 6.60. The molecule has 0 aliphatic carbocycles. The summed E-state index contributed by atoms with van der Waals surface area (Å²) in [4.78, 5) is 12.7. The summed E-state index contributed by atoms with van der Waals surface area (Å²) in [7, 11) is 0. The normalized spacial score (nSPS) is 14.8. The first kappa shape index (κ1) is 20.5. The van der Waals surface area contributed by atoms with E-state index < -0.39 is 5.60 Å². The van der Waals surface area contributed by atoms with Gasteiger partial charge in [-0.3, -0.25) is 4.79 Å². The minimum atomic E-state index is -0.787. The summed E-state index contributed by atoms with van der Waals surface area (Å²) in [6.07, 6.45) is 3.64. The van der Waals surface area contributed by atoms with E-state index in [1.165, 1.54) is 0 Å². The lowest BCUT2D eigenvalue weighted by Crippen LogP contribution is -2.43. The number of rotatable bonds is 10. The first-order valence-electron chi connectivity index (χ1n) is 9.09. The van der Waals surface area contributed by atoms with Crippen LogP contribution in [0.15, 0.2) is 18.2 Å². The van der Waals surface area contributed by atoms with E-state index in [0.717, 1.165) is 36.3 Å². The zero-order valence-corrected chi connectivity index (χ0v) is 16.1. The van der Waals surface area contributed by atoms with E-state index in [9.17, 15) is 4.79 Å². The average Bonchev–Trinajstić information content (AvgIpc) is 2.55. The Morgan fingerprint density at radius 3 is 2.50 bits per heavy atom. The van der Waals surface area contributed by atoms with Crippen LogP contribution in [0.3, 0.4) is 0 Å². The Morgan fingerprint density at radius 1 is 1.25 bits per heavy atom. The highest BCUT2D eigenvalue weighted by molar-refractivity contribution is 5.97. The molecule has 1 aromatic rings. The molecule has 1 amide bonds. The molecule has 0 heterocycles. The minimum absolute atomic E-state index is 0.0900. The summed E-state index contributed by atoms with van der Waals surface area (Å²) in [6, 6.07) is 5.75. The molecule has 0 saturated carbocycles. The van der Waals surface area contributed by atoms with Crippen molar-refractivity contribution in [2.75, 3.05) is 11.9 Å². The maximum atomic E-state index is 12.7. The molecule has 0 spiro atoms. The molecular formula is C20H33NO3. The van der Waals surface area contributed by atoms with Crippen LogP contribution in [0.4, 0.5) is 5.69 Å². The molecule has 0 aliphatic heterocycles. The van der Waals surface area contributed by atoms with Gasteiger partial charge in [0.25, 0.3) is 5.91 Å². The van der Waals surface area contributed by atoms with Gasteiger partial charge in [-0.1, -0.05) is 27.2 Å². The number of ether oxygens (including phenoxy) is 2. The molecule has 0 unspecified atom stereocenters. The van der Waals surface area contributed by atoms with E-state index in [4.69, 9.17) is 9.47 Å². The van der Waals surface area contributed by atoms with E-state index in [0.29, 0.717) is 13.0 Å². The number of aryl methyl sites for hydroxylation is 1. The topological polar surface area (TPSA) is 47.6 Å². The number of carbonyl (C=O) groups excluding carboxylic acids is 1. The number of anilines is 1. The Balaban J connectivity index is 2.83. The standard InChI is InChI=1S/C20H33NO3/c1-7-12-20(6,23-13-8-2)19(22)21-17-10-11-18(15(4)14-17)24-16(5)9-3/h10-11,14,16H,7-9,12-13H2,1-6H3,(H,21,22)/t16-,20+/m1/s1. The Hall–Kier alpha value is -1.55. The van der Waals surface area contributed by atoms with Crippen LogP contribution in [0.1, 0.15) is 65.9 Å². The lowest BCUT2D eigenvalue weighted by Gasteiger charge is -2.28. The lowest BCUT2D eigenvalue weighted by atomic mass is 9.98. The summed E-state index contributed by atoms with van der Waals surface area (Å²) >= 11 is 0. The van der Waals surface area contributed by atoms with Crippen molar-refractivity contribution in [1.29, 1.82) is 0 Å². The van der Waals surface area contributed by atoms with Gasteiger partial charge in [-0.05, 0) is 63.8 Å². The number of benzene rings is 1. The maximum absolute atomic E-state index is 12.7. The van der Waals surface area contributed by atoms with Crippen molar-refractivity contribution in [2.45, 2.75) is 78.9 Å². The SMILES string of the molecule is CCCO[C@@](C)(CCC)C(=O)Nc1ccc(O[C@H](C)CC)c(C)c1. The van der Waals surface area contributed by atoms with E-state index in [2.05, 4.69) is 26.1 Å². The maximum Gasteiger partial charge on any atom is 0.256 e. The molecule has 4 heteroatoms. The smallest absolute Gasteiger partial charge is 0.256 e. The van der Waals surface area contributed by atoms with E-state index in [1.54, 1.807) is 0 Å². The van der Waals surface area contributed by atoms with Gasteiger partial charge in [0.1, 0.15) is 11.4 Å². The fourth-order valence-corrected chi connectivity index (χ4v) is 2.48. The first-order valence-corrected chi connectivity index (χ1v) is 9.09. The predicted molar refractivity (Wildman–Crippen MR) is 99.7 cm³/mol. The average molecular weight is 335 g/mol. The molecule has 0 aliphatic rings. The zero-order chi connectivity index (χ0) is 18.2. The van der Waals surface area contributed by atoms with Gasteiger partial charge in [-0.15, -0.1) is 0 Å². The quantitative estimate of drug-likeness (QED) is 0.647. The van der Waals surface area contributed by atoms with E-state index in [1.807, 2.05) is 39.0 Å². The zero-order valence-electron chi connectivity index (χ0n) is 16.1. The van der Waals surface area contributed by atoms with Gasteiger partial charge in [0.05, 0.1) is 6.10 Å². The lowest BCUT2D eigenvalue weighted by molar-refractivity contribution is -0.140. The van der Waals surface area contributed by atoms with Gasteiger partial charge in [-0.2, -0.15) is 0 Å². The monoisotopic (exact) mass is 335 g/mol. The van der Waals surface area contributed by atoms with Crippen molar-refractivity contribution in [3.63, 3.8) is 0 Å². The Morgan fingerprint density at radius 2 is 1.96 bits per heavy atom. The molecule has 0 bridgehead atoms. The van der Waals surface area contributed by atoms with Gasteiger partial charge in [0, 0.05) is 12.3 Å². The van der Waals surface area contributed by atoms with Crippen molar-refractivity contribution < 1.29 is 14.3 Å². The second kappa shape index (κ2) is 9.67. The van der Waals surface area contributed by atoms with Crippen molar-refractivity contribution in [2.24, 2.45) is 0 Å². The van der Waals surface area contributed by atoms with E-state index >= 15 is 0 Å². The summed E-state index contributed by atoms with van der Waals surface area (Å²) in [5.74, 6) is 0.772. The highest BCUT2D eigenvalue weighted by Gasteiger charge is 2.33. The molecule has 0 fully saturated rings. The summed E-state index contributed by atoms with van der Waals surface area (Å²) < 4.78 is 11.7. The predicted octanol–water partition coefficient (Wildman–Crippen LogP) is 5.10. The van der Waals surface area contributed by atoms with Crippen LogP contribution in [0, 0.1) is 6.92 Å². The molecule has 136 valence electrons. The third kappa shape index (κ3) is 5.82. The molecule has 1 N–H and O–H groups in total. The summed E-state index contributed by atoms with van der Waals surface area (Å²) in [5, 5.41) is 2.99. The van der Waals surface area contributed by atoms with Crippen LogP contribution in [0.2, 0.25) is 0 Å². The van der Waals surface area contributed by atoms with Crippen LogP contribution in [-0.4, -0.2) is 24.2 Å². The summed E-state index contributed by atoms with van der Waals surface area (Å²) in [6.45, 7) is 12.7. The number of amides is 1. The summed E-state index contributed by atoms with van der Waals surface area (Å²) in [5.41, 5.74) is 1.00. The van der Waals surface area contributed by atoms with Crippen molar-refractivity contribution >= 4 is 11.6 Å². The van der Waals surface area contributed by atoms with Crippen LogP contribution in [0.25, 0.3) is 0 Å². The van der Waals surface area contributed by atoms with Gasteiger partial charge < -0.3 is 14.8 Å². The molecule has 0 radical (unpaired) electrons. The number of hydrogen-bond donors (Lipinski definition) is 1. The van der Waals surface area contributed by atoms with E-state index in [-0.39, 0.29) is 12.0 Å². The third-order valence-electron chi connectivity index (χ3n) is 4.17. The van der Waals surface area contributed by atoms with Crippen LogP contribution < -0.4 is 10.1 Å². The molecule has 0 saturated heterocycles. The molecule has 4 nitrogen and oxygen atoms in total. The van der Waals surface area contributed by atoms with Crippen LogP contribution in [-0.2, 0) is 9.53 Å². The Kier molecular flexibility index (Phi) is 8.26. The third-order valence-corrected chi connectivity index (χ3v) is 4.17. The molecule has 0 aromatic heterocycles. The van der Waals surface area contributed by atoms with Gasteiger partial charge in [0.15, 0.2) is 0 Å². The molecule has 2 atom stereocenters. The Labute approximate surface area is 146 Å². The van der Waals surface area contributed by atoms with Crippen molar-refractivity contribution in [3.05, 3.63) is 23.8 Å².